The SMILES string of the molecule is CC(C)(C)c1ccc(-c2cccc3c2-[n+]2[c-]n(-c4cccc(Oc5ccc6c7ccccc7n(-c7cc(C(C)(C)C)ccn7)c6c5)c4)c4cc(-n5c6ccccc6c6ccccc65)cc(c42)-c2ccccc2-c2cc4c(cc2-3)C(C)(C)CCC4(C)C)cc1. The fraction of sp³-hybridized carbons (Fsp3) is 0.195. The van der Waals surface area contributed by atoms with Crippen LogP contribution in [0.25, 0.3) is 122 Å². The van der Waals surface area contributed by atoms with Crippen LogP contribution in [-0.2, 0) is 21.7 Å². The van der Waals surface area contributed by atoms with E-state index in [1.54, 1.807) is 0 Å². The molecule has 0 saturated carbocycles. The van der Waals surface area contributed by atoms with Gasteiger partial charge in [-0.15, -0.1) is 0 Å². The summed E-state index contributed by atoms with van der Waals surface area (Å²) in [4.78, 5) is 4.98. The van der Waals surface area contributed by atoms with Crippen LogP contribution < -0.4 is 9.30 Å². The molecule has 0 atom stereocenters. The van der Waals surface area contributed by atoms with Gasteiger partial charge in [-0.05, 0) is 180 Å². The van der Waals surface area contributed by atoms with Crippen molar-refractivity contribution < 1.29 is 9.30 Å². The minimum absolute atomic E-state index is 0.00755. The lowest BCUT2D eigenvalue weighted by Gasteiger charge is -2.42. The van der Waals surface area contributed by atoms with E-state index >= 15 is 0 Å². The molecule has 4 aromatic heterocycles. The molecule has 2 aliphatic rings. The Morgan fingerprint density at radius 3 is 1.61 bits per heavy atom. The maximum Gasteiger partial charge on any atom is 0.269 e. The summed E-state index contributed by atoms with van der Waals surface area (Å²) in [5, 5.41) is 4.74. The first-order valence-electron chi connectivity index (χ1n) is 31.2. The Balaban J connectivity index is 0.976. The molecule has 430 valence electrons. The van der Waals surface area contributed by atoms with Gasteiger partial charge in [0.15, 0.2) is 0 Å². The molecule has 88 heavy (non-hydrogen) atoms. The Hall–Kier alpha value is -9.78. The summed E-state index contributed by atoms with van der Waals surface area (Å²) < 4.78 is 16.5. The quantitative estimate of drug-likeness (QED) is 0.123. The van der Waals surface area contributed by atoms with Gasteiger partial charge in [0.05, 0.1) is 44.5 Å². The second-order valence-corrected chi connectivity index (χ2v) is 28.1. The number of hydrogen-bond donors (Lipinski definition) is 0. The van der Waals surface area contributed by atoms with E-state index in [0.717, 1.165) is 102 Å². The van der Waals surface area contributed by atoms with Gasteiger partial charge in [-0.2, -0.15) is 0 Å². The molecule has 6 nitrogen and oxygen atoms in total. The number of ether oxygens (including phenoxy) is 1. The van der Waals surface area contributed by atoms with E-state index in [1.165, 1.54) is 60.7 Å². The van der Waals surface area contributed by atoms with Crippen molar-refractivity contribution in [3.63, 3.8) is 0 Å². The van der Waals surface area contributed by atoms with E-state index in [1.807, 2.05) is 6.20 Å². The van der Waals surface area contributed by atoms with Crippen molar-refractivity contribution in [1.82, 2.24) is 18.7 Å². The number of fused-ring (bicyclic) bond motifs is 14. The number of hydrogen-bond acceptors (Lipinski definition) is 2. The fourth-order valence-corrected chi connectivity index (χ4v) is 14.6. The standard InChI is InChI=1S/C82H71N5O/c1-79(2,3)52-35-33-51(34-36-52)58-28-20-29-65-67-49-70-69(81(7,8)40-41-82(70,9)10)48-66(67)59-23-11-12-24-60(59)68-45-55(86-71-30-16-13-25-61(71)62-26-14-17-31-72(62)86)46-75-78(68)85(77(58)65)50-84(75)54-21-19-22-56(44-54)88-57-37-38-64-63-27-15-18-32-73(63)87(74(64)47-57)76-43-53(39-42-83-76)80(4,5)6/h11-39,42-49H,40-41H2,1-10H3. The Labute approximate surface area is 515 Å². The van der Waals surface area contributed by atoms with Crippen LogP contribution in [0.1, 0.15) is 104 Å². The normalized spacial score (nSPS) is 14.3. The first-order valence-corrected chi connectivity index (χ1v) is 31.2. The van der Waals surface area contributed by atoms with E-state index < -0.39 is 0 Å². The van der Waals surface area contributed by atoms with Crippen LogP contribution in [0.15, 0.2) is 225 Å². The van der Waals surface area contributed by atoms with Crippen LogP contribution in [0, 0.1) is 6.33 Å². The summed E-state index contributed by atoms with van der Waals surface area (Å²) in [7, 11) is 0. The lowest BCUT2D eigenvalue weighted by Crippen LogP contribution is -2.34. The van der Waals surface area contributed by atoms with Gasteiger partial charge in [-0.1, -0.05) is 203 Å². The Bertz CT molecular complexity index is 5150. The van der Waals surface area contributed by atoms with Gasteiger partial charge in [-0.3, -0.25) is 13.7 Å². The number of rotatable bonds is 6. The van der Waals surface area contributed by atoms with Gasteiger partial charge in [0.25, 0.3) is 6.33 Å². The third kappa shape index (κ3) is 8.43. The molecule has 14 aromatic rings. The average Bonchev–Trinajstić information content (AvgIpc) is 1.47. The number of para-hydroxylation sites is 4. The van der Waals surface area contributed by atoms with Crippen LogP contribution in [0.3, 0.4) is 0 Å². The third-order valence-electron chi connectivity index (χ3n) is 19.5. The van der Waals surface area contributed by atoms with E-state index in [-0.39, 0.29) is 21.7 Å². The van der Waals surface area contributed by atoms with Crippen LogP contribution >= 0.6 is 0 Å². The minimum Gasteiger partial charge on any atom is -0.458 e. The van der Waals surface area contributed by atoms with E-state index in [0.29, 0.717) is 5.75 Å². The second kappa shape index (κ2) is 19.4. The van der Waals surface area contributed by atoms with Gasteiger partial charge < -0.3 is 9.30 Å². The molecule has 16 rings (SSSR count). The molecule has 0 bridgehead atoms. The maximum absolute atomic E-state index is 7.09. The van der Waals surface area contributed by atoms with Gasteiger partial charge in [-0.25, -0.2) is 4.98 Å². The predicted octanol–water partition coefficient (Wildman–Crippen LogP) is 21.0. The highest BCUT2D eigenvalue weighted by Crippen LogP contribution is 2.53. The molecule has 6 heteroatoms. The van der Waals surface area contributed by atoms with Crippen molar-refractivity contribution in [2.75, 3.05) is 0 Å². The van der Waals surface area contributed by atoms with Gasteiger partial charge in [0, 0.05) is 39.5 Å². The van der Waals surface area contributed by atoms with E-state index in [4.69, 9.17) is 9.72 Å². The number of imidazole rings is 1. The van der Waals surface area contributed by atoms with Crippen molar-refractivity contribution in [2.45, 2.75) is 104 Å². The zero-order valence-corrected chi connectivity index (χ0v) is 51.9. The summed E-state index contributed by atoms with van der Waals surface area (Å²) in [6, 6.07) is 81.1. The van der Waals surface area contributed by atoms with Crippen molar-refractivity contribution in [2.24, 2.45) is 0 Å². The van der Waals surface area contributed by atoms with Crippen LogP contribution in [0.2, 0.25) is 0 Å². The molecule has 10 aromatic carbocycles. The first kappa shape index (κ1) is 53.7. The predicted molar refractivity (Wildman–Crippen MR) is 365 cm³/mol. The molecule has 0 saturated heterocycles. The molecule has 1 aliphatic carbocycles. The highest BCUT2D eigenvalue weighted by atomic mass is 16.5. The zero-order valence-electron chi connectivity index (χ0n) is 51.9. The summed E-state index contributed by atoms with van der Waals surface area (Å²) in [5.41, 5.74) is 24.3. The van der Waals surface area contributed by atoms with Crippen LogP contribution in [0.5, 0.6) is 11.5 Å². The molecule has 0 N–H and O–H groups in total. The number of nitrogens with zero attached hydrogens (tertiary/aromatic N) is 5. The highest BCUT2D eigenvalue weighted by Gasteiger charge is 2.39. The molecule has 0 amide bonds. The van der Waals surface area contributed by atoms with Gasteiger partial charge in [0.2, 0.25) is 0 Å². The molecule has 0 spiro atoms. The Morgan fingerprint density at radius 1 is 0.420 bits per heavy atom. The zero-order chi connectivity index (χ0) is 60.2. The molecule has 5 heterocycles. The minimum atomic E-state index is -0.0459. The number of benzene rings is 10. The lowest BCUT2D eigenvalue weighted by molar-refractivity contribution is -0.570. The molecule has 0 radical (unpaired) electrons. The number of pyridine rings is 1. The van der Waals surface area contributed by atoms with Gasteiger partial charge in [0.1, 0.15) is 17.3 Å². The Kier molecular flexibility index (Phi) is 11.8. The van der Waals surface area contributed by atoms with Crippen molar-refractivity contribution in [3.8, 4) is 78.9 Å². The summed E-state index contributed by atoms with van der Waals surface area (Å²) in [6.45, 7) is 23.4. The number of aromatic nitrogens is 5. The van der Waals surface area contributed by atoms with Crippen molar-refractivity contribution in [3.05, 3.63) is 253 Å². The van der Waals surface area contributed by atoms with E-state index in [9.17, 15) is 0 Å². The summed E-state index contributed by atoms with van der Waals surface area (Å²) in [5.74, 6) is 2.32. The molecule has 0 fully saturated rings. The molecular weight excluding hydrogens is 1070 g/mol. The maximum atomic E-state index is 7.09. The molecule has 1 aliphatic heterocycles. The van der Waals surface area contributed by atoms with Crippen molar-refractivity contribution in [1.29, 1.82) is 0 Å². The van der Waals surface area contributed by atoms with Gasteiger partial charge >= 0.3 is 0 Å². The molecular formula is C82H71N5O. The Morgan fingerprint density at radius 2 is 0.966 bits per heavy atom. The fourth-order valence-electron chi connectivity index (χ4n) is 14.6. The monoisotopic (exact) mass is 1140 g/mol. The second-order valence-electron chi connectivity index (χ2n) is 28.1. The van der Waals surface area contributed by atoms with Crippen molar-refractivity contribution >= 4 is 54.6 Å². The third-order valence-corrected chi connectivity index (χ3v) is 19.5. The first-order chi connectivity index (χ1) is 42.4. The lowest BCUT2D eigenvalue weighted by atomic mass is 9.62. The molecule has 0 unspecified atom stereocenters. The smallest absolute Gasteiger partial charge is 0.269 e. The summed E-state index contributed by atoms with van der Waals surface area (Å²) in [6.07, 6.45) is 8.35. The highest BCUT2D eigenvalue weighted by molar-refractivity contribution is 6.11. The average molecular weight is 1140 g/mol. The largest absolute Gasteiger partial charge is 0.458 e. The van der Waals surface area contributed by atoms with E-state index in [2.05, 4.69) is 312 Å². The summed E-state index contributed by atoms with van der Waals surface area (Å²) >= 11 is 0. The van der Waals surface area contributed by atoms with Crippen LogP contribution in [0.4, 0.5) is 0 Å². The topological polar surface area (TPSA) is 40.8 Å². The van der Waals surface area contributed by atoms with Crippen LogP contribution in [-0.4, -0.2) is 18.7 Å².